The molecule has 1 saturated heterocycles. The van der Waals surface area contributed by atoms with Crippen LogP contribution < -0.4 is 10.1 Å². The summed E-state index contributed by atoms with van der Waals surface area (Å²) in [6, 6.07) is 1.78. The van der Waals surface area contributed by atoms with Gasteiger partial charge in [0.05, 0.1) is 24.4 Å². The van der Waals surface area contributed by atoms with E-state index in [1.807, 2.05) is 36.5 Å². The van der Waals surface area contributed by atoms with Crippen LogP contribution in [0.1, 0.15) is 65.3 Å². The molecule has 0 spiro atoms. The number of methoxy groups -OCH3 is 1. The van der Waals surface area contributed by atoms with Gasteiger partial charge in [0.1, 0.15) is 23.1 Å². The van der Waals surface area contributed by atoms with Crippen molar-refractivity contribution in [2.75, 3.05) is 45.7 Å². The van der Waals surface area contributed by atoms with Crippen molar-refractivity contribution < 1.29 is 32.2 Å². The van der Waals surface area contributed by atoms with E-state index in [9.17, 15) is 22.8 Å². The molecule has 46 heavy (non-hydrogen) atoms. The van der Waals surface area contributed by atoms with E-state index < -0.39 is 23.7 Å². The lowest BCUT2D eigenvalue weighted by Gasteiger charge is -2.32. The predicted octanol–water partition coefficient (Wildman–Crippen LogP) is 6.24. The Morgan fingerprint density at radius 1 is 1.07 bits per heavy atom. The lowest BCUT2D eigenvalue weighted by Crippen LogP contribution is -2.37. The van der Waals surface area contributed by atoms with E-state index in [0.717, 1.165) is 63.7 Å². The Morgan fingerprint density at radius 2 is 1.78 bits per heavy atom. The van der Waals surface area contributed by atoms with Crippen molar-refractivity contribution in [3.8, 4) is 5.75 Å². The molecule has 1 aliphatic carbocycles. The average Bonchev–Trinajstić information content (AvgIpc) is 3.63. The molecule has 2 amide bonds. The van der Waals surface area contributed by atoms with Crippen LogP contribution in [-0.4, -0.2) is 95.4 Å². The van der Waals surface area contributed by atoms with Crippen LogP contribution in [0.5, 0.6) is 5.75 Å². The van der Waals surface area contributed by atoms with E-state index in [0.29, 0.717) is 28.8 Å². The molecule has 10 nitrogen and oxygen atoms in total. The Hall–Kier alpha value is -3.61. The number of likely N-dealkylation sites (tertiary alicyclic amines) is 1. The summed E-state index contributed by atoms with van der Waals surface area (Å²) in [5.74, 6) is 0.667. The molecule has 2 aromatic rings. The molecule has 3 heterocycles. The number of amides is 2. The molecule has 1 aromatic heterocycles. The van der Waals surface area contributed by atoms with Crippen LogP contribution in [0.3, 0.4) is 0 Å². The van der Waals surface area contributed by atoms with Gasteiger partial charge in [0, 0.05) is 43.8 Å². The van der Waals surface area contributed by atoms with Crippen LogP contribution >= 0.6 is 0 Å². The maximum atomic E-state index is 13.2. The highest BCUT2D eigenvalue weighted by molar-refractivity contribution is 6.47. The topological polar surface area (TPSA) is 101 Å². The van der Waals surface area contributed by atoms with Gasteiger partial charge < -0.3 is 24.6 Å². The Balaban J connectivity index is 1.14. The number of fused-ring (bicyclic) bond motifs is 1. The molecule has 1 aromatic carbocycles. The average molecular weight is 647 g/mol. The monoisotopic (exact) mass is 646 g/mol. The number of halogens is 3. The van der Waals surface area contributed by atoms with Crippen molar-refractivity contribution in [1.29, 1.82) is 0 Å². The molecule has 2 atom stereocenters. The Bertz CT molecular complexity index is 1470. The molecule has 2 aliphatic heterocycles. The predicted molar refractivity (Wildman–Crippen MR) is 170 cm³/mol. The summed E-state index contributed by atoms with van der Waals surface area (Å²) >= 11 is 0. The summed E-state index contributed by atoms with van der Waals surface area (Å²) in [4.78, 5) is 33.1. The van der Waals surface area contributed by atoms with Crippen LogP contribution in [0.25, 0.3) is 10.9 Å². The minimum absolute atomic E-state index is 0.226. The zero-order valence-electron chi connectivity index (χ0n) is 27.3. The van der Waals surface area contributed by atoms with Gasteiger partial charge in [-0.1, -0.05) is 6.08 Å². The van der Waals surface area contributed by atoms with Gasteiger partial charge in [-0.05, 0) is 90.3 Å². The second kappa shape index (κ2) is 13.6. The zero-order chi connectivity index (χ0) is 33.2. The summed E-state index contributed by atoms with van der Waals surface area (Å²) in [6.45, 7) is 9.11. The number of aliphatic imine (C=N–C) groups is 1. The number of aromatic nitrogens is 2. The first kappa shape index (κ1) is 33.7. The SMILES string of the molecule is COc1cc2nn(C3CCC(CN(C)CC4CCN(C(=O)OC(C)(C)C)C4)CC3)cc2cc1NC(=O)C1=NC(C(F)(F)F)CC=C1. The van der Waals surface area contributed by atoms with E-state index in [4.69, 9.17) is 14.6 Å². The molecule has 2 unspecified atom stereocenters. The van der Waals surface area contributed by atoms with E-state index in [2.05, 4.69) is 22.3 Å². The number of alkyl halides is 3. The molecular formula is C33H45F3N6O4. The minimum Gasteiger partial charge on any atom is -0.494 e. The quantitative estimate of drug-likeness (QED) is 0.365. The van der Waals surface area contributed by atoms with Gasteiger partial charge in [-0.3, -0.25) is 14.5 Å². The number of hydrogen-bond donors (Lipinski definition) is 1. The fourth-order valence-corrected chi connectivity index (χ4v) is 6.65. The Morgan fingerprint density at radius 3 is 2.46 bits per heavy atom. The minimum atomic E-state index is -4.51. The van der Waals surface area contributed by atoms with Gasteiger partial charge in [0.2, 0.25) is 0 Å². The fraction of sp³-hybridized carbons (Fsp3) is 0.636. The van der Waals surface area contributed by atoms with E-state index >= 15 is 0 Å². The zero-order valence-corrected chi connectivity index (χ0v) is 27.3. The highest BCUT2D eigenvalue weighted by Crippen LogP contribution is 2.36. The third-order valence-corrected chi connectivity index (χ3v) is 8.90. The number of dihydropyridines is 1. The van der Waals surface area contributed by atoms with Gasteiger partial charge in [-0.25, -0.2) is 4.79 Å². The number of nitrogens with zero attached hydrogens (tertiary/aromatic N) is 5. The summed E-state index contributed by atoms with van der Waals surface area (Å²) in [6.07, 6.45) is 4.69. The van der Waals surface area contributed by atoms with Crippen LogP contribution in [0.4, 0.5) is 23.7 Å². The van der Waals surface area contributed by atoms with Crippen molar-refractivity contribution >= 4 is 34.3 Å². The first-order chi connectivity index (χ1) is 21.7. The van der Waals surface area contributed by atoms with Crippen LogP contribution in [-0.2, 0) is 9.53 Å². The largest absolute Gasteiger partial charge is 0.494 e. The van der Waals surface area contributed by atoms with Gasteiger partial charge in [0.25, 0.3) is 5.91 Å². The molecule has 0 bridgehead atoms. The van der Waals surface area contributed by atoms with Crippen molar-refractivity contribution in [1.82, 2.24) is 19.6 Å². The van der Waals surface area contributed by atoms with Crippen molar-refractivity contribution in [2.24, 2.45) is 16.8 Å². The second-order valence-corrected chi connectivity index (χ2v) is 13.9. The lowest BCUT2D eigenvalue weighted by molar-refractivity contribution is -0.146. The van der Waals surface area contributed by atoms with E-state index in [1.165, 1.54) is 19.3 Å². The highest BCUT2D eigenvalue weighted by atomic mass is 19.4. The molecule has 2 fully saturated rings. The number of rotatable bonds is 8. The number of anilines is 1. The number of benzene rings is 1. The third-order valence-electron chi connectivity index (χ3n) is 8.90. The first-order valence-electron chi connectivity index (χ1n) is 16.0. The van der Waals surface area contributed by atoms with Gasteiger partial charge in [0.15, 0.2) is 0 Å². The van der Waals surface area contributed by atoms with Crippen LogP contribution in [0, 0.1) is 11.8 Å². The molecule has 0 radical (unpaired) electrons. The molecular weight excluding hydrogens is 601 g/mol. The highest BCUT2D eigenvalue weighted by Gasteiger charge is 2.40. The standard InChI is InChI=1S/C33H45F3N6O4/c1-32(2,3)46-31(44)41-14-13-22(19-41)18-40(4)17-21-9-11-24(12-10-21)42-20-23-15-27(28(45-5)16-26(23)39-42)38-30(43)25-7-6-8-29(37-25)33(34,35)36/h6-7,15-16,20-22,24,29H,8-14,17-19H2,1-5H3,(H,38,43). The van der Waals surface area contributed by atoms with Gasteiger partial charge in [-0.15, -0.1) is 0 Å². The number of carbonyl (C=O) groups excluding carboxylic acids is 2. The van der Waals surface area contributed by atoms with E-state index in [1.54, 1.807) is 12.1 Å². The maximum absolute atomic E-state index is 13.2. The maximum Gasteiger partial charge on any atom is 0.411 e. The molecule has 252 valence electrons. The number of carbonyl (C=O) groups is 2. The Kier molecular flexibility index (Phi) is 10.00. The summed E-state index contributed by atoms with van der Waals surface area (Å²) < 4.78 is 52.5. The molecule has 5 rings (SSSR count). The number of ether oxygens (including phenoxy) is 2. The van der Waals surface area contributed by atoms with Crippen LogP contribution in [0.15, 0.2) is 35.5 Å². The summed E-state index contributed by atoms with van der Waals surface area (Å²) in [5, 5.41) is 8.27. The summed E-state index contributed by atoms with van der Waals surface area (Å²) in [7, 11) is 3.63. The van der Waals surface area contributed by atoms with Crippen molar-refractivity contribution in [2.45, 2.75) is 83.2 Å². The molecule has 3 aliphatic rings. The smallest absolute Gasteiger partial charge is 0.411 e. The van der Waals surface area contributed by atoms with Crippen molar-refractivity contribution in [3.63, 3.8) is 0 Å². The fourth-order valence-electron chi connectivity index (χ4n) is 6.65. The lowest BCUT2D eigenvalue weighted by atomic mass is 9.85. The normalized spacial score (nSPS) is 23.9. The first-order valence-corrected chi connectivity index (χ1v) is 16.0. The number of nitrogens with one attached hydrogen (secondary N) is 1. The Labute approximate surface area is 268 Å². The summed E-state index contributed by atoms with van der Waals surface area (Å²) in [5.41, 5.74) is 0.285. The second-order valence-electron chi connectivity index (χ2n) is 13.9. The molecule has 1 N–H and O–H groups in total. The molecule has 1 saturated carbocycles. The van der Waals surface area contributed by atoms with Crippen LogP contribution in [0.2, 0.25) is 0 Å². The van der Waals surface area contributed by atoms with Gasteiger partial charge in [-0.2, -0.15) is 18.3 Å². The van der Waals surface area contributed by atoms with Gasteiger partial charge >= 0.3 is 12.3 Å². The molecule has 13 heteroatoms. The van der Waals surface area contributed by atoms with Crippen molar-refractivity contribution in [3.05, 3.63) is 30.5 Å². The third kappa shape index (κ3) is 8.40. The van der Waals surface area contributed by atoms with E-state index in [-0.39, 0.29) is 24.3 Å². The number of hydrogen-bond acceptors (Lipinski definition) is 7.